The molecule has 5 nitrogen and oxygen atoms in total. The molecule has 9 rings (SSSR count). The van der Waals surface area contributed by atoms with Gasteiger partial charge in [-0.2, -0.15) is 0 Å². The molecule has 0 atom stereocenters. The molecule has 4 heterocycles. The third kappa shape index (κ3) is 4.73. The standard InChI is InChI=1S/C42H27N5/c1-3-11-28(12-4-1)34-26-38-42(45-27-34)47(35-17-5-2-6-18-35)41(46-38)33-24-31(36-19-7-13-29-15-9-21-43-39(29)36)23-32(25-33)37-20-8-14-30-16-10-22-44-40(30)37/h1-27H. The van der Waals surface area contributed by atoms with Crippen LogP contribution >= 0.6 is 0 Å². The van der Waals surface area contributed by atoms with Crippen molar-refractivity contribution in [2.24, 2.45) is 0 Å². The summed E-state index contributed by atoms with van der Waals surface area (Å²) in [4.78, 5) is 19.9. The lowest BCUT2D eigenvalue weighted by molar-refractivity contribution is 1.08. The third-order valence-electron chi connectivity index (χ3n) is 8.70. The monoisotopic (exact) mass is 601 g/mol. The fourth-order valence-electron chi connectivity index (χ4n) is 6.51. The molecule has 9 aromatic rings. The lowest BCUT2D eigenvalue weighted by Gasteiger charge is -2.14. The highest BCUT2D eigenvalue weighted by Crippen LogP contribution is 2.38. The molecule has 0 spiro atoms. The van der Waals surface area contributed by atoms with Crippen molar-refractivity contribution < 1.29 is 0 Å². The van der Waals surface area contributed by atoms with Gasteiger partial charge in [-0.05, 0) is 65.2 Å². The Morgan fingerprint density at radius 2 is 1.00 bits per heavy atom. The van der Waals surface area contributed by atoms with Crippen molar-refractivity contribution in [1.82, 2.24) is 24.5 Å². The second-order valence-electron chi connectivity index (χ2n) is 11.6. The summed E-state index contributed by atoms with van der Waals surface area (Å²) in [6, 6.07) is 50.4. The van der Waals surface area contributed by atoms with Gasteiger partial charge < -0.3 is 0 Å². The molecular formula is C42H27N5. The first kappa shape index (κ1) is 26.9. The predicted octanol–water partition coefficient (Wildman–Crippen LogP) is 10.2. The molecule has 4 aromatic heterocycles. The SMILES string of the molecule is c1ccc(-c2cnc3c(c2)nc(-c2cc(-c4cccc5cccnc45)cc(-c4cccc5cccnc45)c2)n3-c2ccccc2)cc1. The third-order valence-corrected chi connectivity index (χ3v) is 8.70. The van der Waals surface area contributed by atoms with Crippen LogP contribution in [0.1, 0.15) is 0 Å². The minimum absolute atomic E-state index is 0.802. The lowest BCUT2D eigenvalue weighted by Crippen LogP contribution is -1.99. The van der Waals surface area contributed by atoms with Crippen molar-refractivity contribution in [2.45, 2.75) is 0 Å². The zero-order chi connectivity index (χ0) is 31.2. The number of benzene rings is 5. The fourth-order valence-corrected chi connectivity index (χ4v) is 6.51. The van der Waals surface area contributed by atoms with Crippen LogP contribution in [0.15, 0.2) is 164 Å². The Morgan fingerprint density at radius 3 is 1.64 bits per heavy atom. The Kier molecular flexibility index (Phi) is 6.39. The molecule has 0 fully saturated rings. The van der Waals surface area contributed by atoms with Gasteiger partial charge in [0.25, 0.3) is 0 Å². The van der Waals surface area contributed by atoms with Gasteiger partial charge in [-0.3, -0.25) is 14.5 Å². The van der Waals surface area contributed by atoms with Crippen molar-refractivity contribution in [3.05, 3.63) is 164 Å². The molecule has 0 N–H and O–H groups in total. The molecule has 220 valence electrons. The molecule has 0 saturated carbocycles. The van der Waals surface area contributed by atoms with Crippen LogP contribution in [0, 0.1) is 0 Å². The number of hydrogen-bond donors (Lipinski definition) is 0. The van der Waals surface area contributed by atoms with E-state index in [-0.39, 0.29) is 0 Å². The van der Waals surface area contributed by atoms with Gasteiger partial charge in [0.1, 0.15) is 11.3 Å². The molecule has 0 aliphatic heterocycles. The molecule has 0 saturated heterocycles. The summed E-state index contributed by atoms with van der Waals surface area (Å²) in [6.07, 6.45) is 5.65. The van der Waals surface area contributed by atoms with Gasteiger partial charge in [-0.1, -0.05) is 97.1 Å². The molecule has 5 aromatic carbocycles. The Balaban J connectivity index is 1.34. The number of rotatable bonds is 5. The molecule has 5 heteroatoms. The minimum Gasteiger partial charge on any atom is -0.277 e. The van der Waals surface area contributed by atoms with Gasteiger partial charge in [0, 0.05) is 57.3 Å². The number of pyridine rings is 3. The van der Waals surface area contributed by atoms with E-state index in [9.17, 15) is 0 Å². The average Bonchev–Trinajstić information content (AvgIpc) is 3.54. The number of aromatic nitrogens is 5. The summed E-state index contributed by atoms with van der Waals surface area (Å²) in [5.74, 6) is 0.813. The van der Waals surface area contributed by atoms with Gasteiger partial charge in [0.15, 0.2) is 5.65 Å². The van der Waals surface area contributed by atoms with Crippen LogP contribution in [-0.4, -0.2) is 24.5 Å². The maximum absolute atomic E-state index is 5.31. The van der Waals surface area contributed by atoms with Gasteiger partial charge in [0.05, 0.1) is 11.0 Å². The quantitative estimate of drug-likeness (QED) is 0.197. The second kappa shape index (κ2) is 11.2. The molecule has 0 bridgehead atoms. The second-order valence-corrected chi connectivity index (χ2v) is 11.6. The Morgan fingerprint density at radius 1 is 0.426 bits per heavy atom. The summed E-state index contributed by atoms with van der Waals surface area (Å²) in [5, 5.41) is 2.19. The van der Waals surface area contributed by atoms with Crippen LogP contribution in [0.3, 0.4) is 0 Å². The van der Waals surface area contributed by atoms with E-state index in [0.29, 0.717) is 0 Å². The normalized spacial score (nSPS) is 11.4. The number of nitrogens with zero attached hydrogens (tertiary/aromatic N) is 5. The van der Waals surface area contributed by atoms with Crippen molar-refractivity contribution in [2.75, 3.05) is 0 Å². The first-order valence-corrected chi connectivity index (χ1v) is 15.6. The van der Waals surface area contributed by atoms with E-state index < -0.39 is 0 Å². The molecule has 0 amide bonds. The molecule has 0 aliphatic carbocycles. The van der Waals surface area contributed by atoms with Crippen LogP contribution in [0.25, 0.3) is 83.4 Å². The van der Waals surface area contributed by atoms with E-state index >= 15 is 0 Å². The fraction of sp³-hybridized carbons (Fsp3) is 0. The number of para-hydroxylation sites is 3. The summed E-state index contributed by atoms with van der Waals surface area (Å²) in [7, 11) is 0. The van der Waals surface area contributed by atoms with Crippen molar-refractivity contribution in [3.8, 4) is 50.5 Å². The Hall–Kier alpha value is -6.46. The lowest BCUT2D eigenvalue weighted by atomic mass is 9.93. The molecule has 0 radical (unpaired) electrons. The van der Waals surface area contributed by atoms with Crippen molar-refractivity contribution in [1.29, 1.82) is 0 Å². The molecule has 0 unspecified atom stereocenters. The van der Waals surface area contributed by atoms with E-state index in [1.54, 1.807) is 0 Å². The number of fused-ring (bicyclic) bond motifs is 3. The van der Waals surface area contributed by atoms with Crippen LogP contribution in [0.2, 0.25) is 0 Å². The van der Waals surface area contributed by atoms with E-state index in [0.717, 1.165) is 83.4 Å². The molecule has 0 aliphatic rings. The minimum atomic E-state index is 0.802. The maximum atomic E-state index is 5.31. The number of hydrogen-bond acceptors (Lipinski definition) is 4. The van der Waals surface area contributed by atoms with E-state index in [2.05, 4.69) is 114 Å². The first-order chi connectivity index (χ1) is 23.3. The summed E-state index contributed by atoms with van der Waals surface area (Å²) in [6.45, 7) is 0. The van der Waals surface area contributed by atoms with Crippen LogP contribution < -0.4 is 0 Å². The Bertz CT molecular complexity index is 2460. The topological polar surface area (TPSA) is 56.5 Å². The van der Waals surface area contributed by atoms with Crippen molar-refractivity contribution in [3.63, 3.8) is 0 Å². The highest BCUT2D eigenvalue weighted by Gasteiger charge is 2.19. The van der Waals surface area contributed by atoms with Crippen LogP contribution in [0.4, 0.5) is 0 Å². The highest BCUT2D eigenvalue weighted by molar-refractivity contribution is 5.99. The number of imidazole rings is 1. The van der Waals surface area contributed by atoms with Gasteiger partial charge >= 0.3 is 0 Å². The largest absolute Gasteiger partial charge is 0.277 e. The van der Waals surface area contributed by atoms with Crippen LogP contribution in [0.5, 0.6) is 0 Å². The summed E-state index contributed by atoms with van der Waals surface area (Å²) >= 11 is 0. The van der Waals surface area contributed by atoms with E-state index in [1.807, 2.05) is 55.0 Å². The van der Waals surface area contributed by atoms with Crippen molar-refractivity contribution >= 4 is 33.0 Å². The first-order valence-electron chi connectivity index (χ1n) is 15.6. The van der Waals surface area contributed by atoms with Gasteiger partial charge in [-0.25, -0.2) is 9.97 Å². The smallest absolute Gasteiger partial charge is 0.164 e. The highest BCUT2D eigenvalue weighted by atomic mass is 15.1. The molecular weight excluding hydrogens is 574 g/mol. The van der Waals surface area contributed by atoms with Crippen LogP contribution in [-0.2, 0) is 0 Å². The maximum Gasteiger partial charge on any atom is 0.164 e. The molecule has 47 heavy (non-hydrogen) atoms. The summed E-state index contributed by atoms with van der Waals surface area (Å²) < 4.78 is 2.16. The zero-order valence-electron chi connectivity index (χ0n) is 25.3. The average molecular weight is 602 g/mol. The van der Waals surface area contributed by atoms with Gasteiger partial charge in [-0.15, -0.1) is 0 Å². The predicted molar refractivity (Wildman–Crippen MR) is 191 cm³/mol. The zero-order valence-corrected chi connectivity index (χ0v) is 25.3. The van der Waals surface area contributed by atoms with Gasteiger partial charge in [0.2, 0.25) is 0 Å². The van der Waals surface area contributed by atoms with E-state index in [4.69, 9.17) is 19.9 Å². The summed E-state index contributed by atoms with van der Waals surface area (Å²) in [5.41, 5.74) is 11.9. The Labute approximate surface area is 271 Å². The van der Waals surface area contributed by atoms with E-state index in [1.165, 1.54) is 0 Å².